The van der Waals surface area contributed by atoms with E-state index in [4.69, 9.17) is 9.47 Å². The number of hydrogen-bond donors (Lipinski definition) is 0. The molecule has 0 saturated carbocycles. The van der Waals surface area contributed by atoms with Crippen molar-refractivity contribution in [3.05, 3.63) is 29.8 Å². The maximum absolute atomic E-state index is 5.40. The van der Waals surface area contributed by atoms with Crippen LogP contribution in [0.25, 0.3) is 0 Å². The fourth-order valence-electron chi connectivity index (χ4n) is 1.67. The number of benzene rings is 1. The number of ether oxygens (including phenoxy) is 2. The van der Waals surface area contributed by atoms with Crippen molar-refractivity contribution >= 4 is 0 Å². The number of rotatable bonds is 8. The van der Waals surface area contributed by atoms with Crippen LogP contribution >= 0.6 is 0 Å². The summed E-state index contributed by atoms with van der Waals surface area (Å²) in [7, 11) is 1.63. The lowest BCUT2D eigenvalue weighted by atomic mass is 10.1. The van der Waals surface area contributed by atoms with E-state index in [2.05, 4.69) is 19.1 Å². The molecule has 0 spiro atoms. The minimum absolute atomic E-state index is 0.319. The molecule has 0 saturated heterocycles. The second-order valence-corrected chi connectivity index (χ2v) is 4.01. The summed E-state index contributed by atoms with van der Waals surface area (Å²) in [6.07, 6.45) is 6.35. The number of methoxy groups -OCH3 is 1. The second-order valence-electron chi connectivity index (χ2n) is 4.01. The van der Waals surface area contributed by atoms with Gasteiger partial charge in [-0.15, -0.1) is 0 Å². The molecule has 2 heteroatoms. The molecule has 0 aliphatic heterocycles. The first-order valence-corrected chi connectivity index (χ1v) is 6.07. The van der Waals surface area contributed by atoms with Crippen molar-refractivity contribution < 1.29 is 9.47 Å². The quantitative estimate of drug-likeness (QED) is 0.492. The van der Waals surface area contributed by atoms with Crippen LogP contribution < -0.4 is 4.74 Å². The van der Waals surface area contributed by atoms with E-state index in [-0.39, 0.29) is 0 Å². The van der Waals surface area contributed by atoms with Crippen LogP contribution in [-0.4, -0.2) is 13.9 Å². The van der Waals surface area contributed by atoms with Crippen LogP contribution in [0, 0.1) is 0 Å². The SMILES string of the molecule is CCCCCCc1cccc(OCOC)c1. The molecule has 2 nitrogen and oxygen atoms in total. The monoisotopic (exact) mass is 222 g/mol. The van der Waals surface area contributed by atoms with Gasteiger partial charge in [-0.3, -0.25) is 0 Å². The summed E-state index contributed by atoms with van der Waals surface area (Å²) in [6.45, 7) is 2.55. The third-order valence-electron chi connectivity index (χ3n) is 2.56. The summed E-state index contributed by atoms with van der Waals surface area (Å²) < 4.78 is 10.3. The van der Waals surface area contributed by atoms with Gasteiger partial charge in [0.15, 0.2) is 6.79 Å². The van der Waals surface area contributed by atoms with Crippen LogP contribution in [0.1, 0.15) is 38.2 Å². The summed E-state index contributed by atoms with van der Waals surface area (Å²) in [6, 6.07) is 8.27. The topological polar surface area (TPSA) is 18.5 Å². The van der Waals surface area contributed by atoms with Crippen LogP contribution in [0.5, 0.6) is 5.75 Å². The van der Waals surface area contributed by atoms with E-state index < -0.39 is 0 Å². The minimum Gasteiger partial charge on any atom is -0.468 e. The average molecular weight is 222 g/mol. The predicted octanol–water partition coefficient (Wildman–Crippen LogP) is 3.79. The van der Waals surface area contributed by atoms with Gasteiger partial charge in [-0.05, 0) is 30.5 Å². The third kappa shape index (κ3) is 5.17. The Kier molecular flexibility index (Phi) is 6.66. The molecule has 0 aliphatic rings. The standard InChI is InChI=1S/C14H22O2/c1-3-4-5-6-8-13-9-7-10-14(11-13)16-12-15-2/h7,9-11H,3-6,8,12H2,1-2H3. The molecule has 1 aromatic carbocycles. The molecule has 90 valence electrons. The van der Waals surface area contributed by atoms with Crippen LogP contribution in [0.2, 0.25) is 0 Å². The highest BCUT2D eigenvalue weighted by atomic mass is 16.7. The second kappa shape index (κ2) is 8.17. The Hall–Kier alpha value is -1.02. The molecule has 0 bridgehead atoms. The van der Waals surface area contributed by atoms with Crippen molar-refractivity contribution in [2.45, 2.75) is 39.0 Å². The van der Waals surface area contributed by atoms with E-state index >= 15 is 0 Å². The number of aryl methyl sites for hydroxylation is 1. The molecule has 16 heavy (non-hydrogen) atoms. The van der Waals surface area contributed by atoms with Gasteiger partial charge in [-0.1, -0.05) is 38.3 Å². The van der Waals surface area contributed by atoms with Gasteiger partial charge in [0, 0.05) is 7.11 Å². The highest BCUT2D eigenvalue weighted by Gasteiger charge is 1.97. The Balaban J connectivity index is 2.35. The molecule has 0 atom stereocenters. The Morgan fingerprint density at radius 3 is 2.75 bits per heavy atom. The van der Waals surface area contributed by atoms with Crippen LogP contribution in [0.4, 0.5) is 0 Å². The largest absolute Gasteiger partial charge is 0.468 e. The highest BCUT2D eigenvalue weighted by Crippen LogP contribution is 2.15. The normalized spacial score (nSPS) is 10.4. The van der Waals surface area contributed by atoms with Crippen molar-refractivity contribution in [1.29, 1.82) is 0 Å². The lowest BCUT2D eigenvalue weighted by molar-refractivity contribution is 0.0511. The Labute approximate surface area is 98.6 Å². The number of hydrogen-bond acceptors (Lipinski definition) is 2. The zero-order valence-corrected chi connectivity index (χ0v) is 10.4. The Morgan fingerprint density at radius 1 is 1.12 bits per heavy atom. The van der Waals surface area contributed by atoms with E-state index in [9.17, 15) is 0 Å². The summed E-state index contributed by atoms with van der Waals surface area (Å²) >= 11 is 0. The lowest BCUT2D eigenvalue weighted by Gasteiger charge is -2.06. The van der Waals surface area contributed by atoms with E-state index in [0.717, 1.165) is 12.2 Å². The fraction of sp³-hybridized carbons (Fsp3) is 0.571. The summed E-state index contributed by atoms with van der Waals surface area (Å²) in [5.74, 6) is 0.898. The van der Waals surface area contributed by atoms with Crippen molar-refractivity contribution in [2.24, 2.45) is 0 Å². The predicted molar refractivity (Wildman–Crippen MR) is 66.8 cm³/mol. The molecule has 0 amide bonds. The maximum atomic E-state index is 5.40. The van der Waals surface area contributed by atoms with Gasteiger partial charge in [-0.2, -0.15) is 0 Å². The molecule has 1 aromatic rings. The van der Waals surface area contributed by atoms with Crippen molar-refractivity contribution in [3.63, 3.8) is 0 Å². The Bertz CT molecular complexity index is 284. The first kappa shape index (κ1) is 13.0. The summed E-state index contributed by atoms with van der Waals surface area (Å²) in [5, 5.41) is 0. The number of unbranched alkanes of at least 4 members (excludes halogenated alkanes) is 3. The zero-order valence-electron chi connectivity index (χ0n) is 10.4. The molecular weight excluding hydrogens is 200 g/mol. The first-order chi connectivity index (χ1) is 7.86. The van der Waals surface area contributed by atoms with Gasteiger partial charge in [0.05, 0.1) is 0 Å². The van der Waals surface area contributed by atoms with Crippen molar-refractivity contribution in [3.8, 4) is 5.75 Å². The van der Waals surface area contributed by atoms with E-state index in [1.54, 1.807) is 7.11 Å². The van der Waals surface area contributed by atoms with Gasteiger partial charge in [0.25, 0.3) is 0 Å². The van der Waals surface area contributed by atoms with Gasteiger partial charge >= 0.3 is 0 Å². The molecular formula is C14H22O2. The maximum Gasteiger partial charge on any atom is 0.188 e. The van der Waals surface area contributed by atoms with Gasteiger partial charge in [-0.25, -0.2) is 0 Å². The lowest BCUT2D eigenvalue weighted by Crippen LogP contribution is -1.99. The van der Waals surface area contributed by atoms with Crippen LogP contribution in [-0.2, 0) is 11.2 Å². The van der Waals surface area contributed by atoms with Crippen molar-refractivity contribution in [2.75, 3.05) is 13.9 Å². The molecule has 1 rings (SSSR count). The van der Waals surface area contributed by atoms with Crippen LogP contribution in [0.15, 0.2) is 24.3 Å². The smallest absolute Gasteiger partial charge is 0.188 e. The molecule has 0 aromatic heterocycles. The zero-order chi connectivity index (χ0) is 11.6. The van der Waals surface area contributed by atoms with E-state index in [0.29, 0.717) is 6.79 Å². The van der Waals surface area contributed by atoms with Gasteiger partial charge < -0.3 is 9.47 Å². The average Bonchev–Trinajstić information content (AvgIpc) is 2.33. The summed E-state index contributed by atoms with van der Waals surface area (Å²) in [4.78, 5) is 0. The summed E-state index contributed by atoms with van der Waals surface area (Å²) in [5.41, 5.74) is 1.35. The molecule has 0 aliphatic carbocycles. The van der Waals surface area contributed by atoms with E-state index in [1.165, 1.54) is 31.2 Å². The highest BCUT2D eigenvalue weighted by molar-refractivity contribution is 5.28. The Morgan fingerprint density at radius 2 is 2.00 bits per heavy atom. The van der Waals surface area contributed by atoms with Crippen LogP contribution in [0.3, 0.4) is 0 Å². The molecule has 0 unspecified atom stereocenters. The first-order valence-electron chi connectivity index (χ1n) is 6.07. The fourth-order valence-corrected chi connectivity index (χ4v) is 1.67. The third-order valence-corrected chi connectivity index (χ3v) is 2.56. The molecule has 0 fully saturated rings. The molecule has 0 heterocycles. The molecule has 0 N–H and O–H groups in total. The van der Waals surface area contributed by atoms with E-state index in [1.807, 2.05) is 12.1 Å². The van der Waals surface area contributed by atoms with Crippen molar-refractivity contribution in [1.82, 2.24) is 0 Å². The van der Waals surface area contributed by atoms with Gasteiger partial charge in [0.2, 0.25) is 0 Å². The van der Waals surface area contributed by atoms with Gasteiger partial charge in [0.1, 0.15) is 5.75 Å². The minimum atomic E-state index is 0.319. The molecule has 0 radical (unpaired) electrons.